The number of tetrazole rings is 1. The Labute approximate surface area is 269 Å². The molecule has 0 radical (unpaired) electrons. The Kier molecular flexibility index (Phi) is 12.1. The molecule has 0 atom stereocenters. The number of aryl methyl sites for hydroxylation is 1. The van der Waals surface area contributed by atoms with Gasteiger partial charge in [-0.1, -0.05) is 49.2 Å². The van der Waals surface area contributed by atoms with Gasteiger partial charge in [-0.05, 0) is 67.3 Å². The van der Waals surface area contributed by atoms with Gasteiger partial charge in [0.2, 0.25) is 5.82 Å². The molecule has 3 heterocycles. The SMILES string of the molecule is CCCCc1nc(Cl)c(C(=O)[O-])n1Cc1cccc2c1c(Br)c(Br)n2-c1ccccc1-c1nn[nH]n1.[Li+].[Li+].[OH-]. The third-order valence-electron chi connectivity index (χ3n) is 5.98. The van der Waals surface area contributed by atoms with Gasteiger partial charge in [0.15, 0.2) is 5.15 Å². The molecule has 3 aromatic heterocycles. The second kappa shape index (κ2) is 14.2. The number of aromatic amines is 1. The van der Waals surface area contributed by atoms with Gasteiger partial charge in [0.1, 0.15) is 16.1 Å². The van der Waals surface area contributed by atoms with E-state index in [2.05, 4.69) is 64.4 Å². The summed E-state index contributed by atoms with van der Waals surface area (Å²) in [6, 6.07) is 13.7. The number of hydrogen-bond donors (Lipinski definition) is 1. The number of imidazole rings is 1. The van der Waals surface area contributed by atoms with Crippen LogP contribution in [0, 0.1) is 0 Å². The summed E-state index contributed by atoms with van der Waals surface area (Å²) >= 11 is 13.7. The van der Waals surface area contributed by atoms with Crippen molar-refractivity contribution >= 4 is 60.3 Å². The number of carbonyl (C=O) groups excluding carboxylic acids is 1. The number of unbranched alkanes of at least 4 members (excludes halogenated alkanes) is 1. The van der Waals surface area contributed by atoms with Gasteiger partial charge in [0.05, 0.1) is 28.2 Å². The van der Waals surface area contributed by atoms with Gasteiger partial charge in [0, 0.05) is 17.4 Å². The largest absolute Gasteiger partial charge is 1.00 e. The Morgan fingerprint density at radius 3 is 2.54 bits per heavy atom. The molecule has 192 valence electrons. The van der Waals surface area contributed by atoms with Crippen molar-refractivity contribution in [3.63, 3.8) is 0 Å². The first kappa shape index (κ1) is 33.3. The van der Waals surface area contributed by atoms with Crippen molar-refractivity contribution in [3.8, 4) is 17.1 Å². The smallest absolute Gasteiger partial charge is 0.870 e. The maximum Gasteiger partial charge on any atom is 1.00 e. The van der Waals surface area contributed by atoms with Crippen molar-refractivity contribution in [1.82, 2.24) is 34.7 Å². The normalized spacial score (nSPS) is 10.6. The van der Waals surface area contributed by atoms with Crippen molar-refractivity contribution in [2.24, 2.45) is 0 Å². The van der Waals surface area contributed by atoms with Gasteiger partial charge >= 0.3 is 37.7 Å². The first-order valence-electron chi connectivity index (χ1n) is 11.2. The molecule has 2 aromatic carbocycles. The fourth-order valence-corrected chi connectivity index (χ4v) is 5.85. The van der Waals surface area contributed by atoms with E-state index in [9.17, 15) is 9.90 Å². The number of carboxylic acids is 1. The predicted octanol–water partition coefficient (Wildman–Crippen LogP) is -1.23. The van der Waals surface area contributed by atoms with Crippen LogP contribution in [0.4, 0.5) is 0 Å². The average Bonchev–Trinajstić information content (AvgIpc) is 3.56. The van der Waals surface area contributed by atoms with Crippen LogP contribution in [0.5, 0.6) is 0 Å². The number of para-hydroxylation sites is 1. The summed E-state index contributed by atoms with van der Waals surface area (Å²) in [6.45, 7) is 2.33. The van der Waals surface area contributed by atoms with Crippen LogP contribution < -0.4 is 42.8 Å². The molecule has 0 aliphatic carbocycles. The number of nitrogens with zero attached hydrogens (tertiary/aromatic N) is 6. The summed E-state index contributed by atoms with van der Waals surface area (Å²) in [5.41, 5.74) is 3.33. The van der Waals surface area contributed by atoms with Crippen molar-refractivity contribution in [2.45, 2.75) is 32.7 Å². The molecule has 0 fully saturated rings. The number of H-pyrrole nitrogens is 1. The van der Waals surface area contributed by atoms with Crippen LogP contribution >= 0.6 is 43.5 Å². The van der Waals surface area contributed by atoms with Gasteiger partial charge in [-0.2, -0.15) is 5.21 Å². The molecule has 5 aromatic rings. The topological polar surface area (TPSA) is 147 Å². The zero-order valence-corrected chi connectivity index (χ0v) is 25.4. The van der Waals surface area contributed by atoms with E-state index in [1.807, 2.05) is 47.0 Å². The standard InChI is InChI=1S/C24H20Br2ClN7O2.2Li.H2O/c1-2-3-11-17-28-22(27)20(24(35)36)33(17)12-13-7-6-10-16-18(13)19(25)21(26)34(16)15-9-5-4-8-14(15)23-29-31-32-30-23;;;/h4-10H,2-3,11-12H2,1H3,(H,35,36)(H,29,30,31,32);;;1H2/q;2*+1;/p-2. The van der Waals surface area contributed by atoms with Crippen LogP contribution in [0.3, 0.4) is 0 Å². The Morgan fingerprint density at radius 1 is 1.13 bits per heavy atom. The Hall–Kier alpha value is -1.87. The fraction of sp³-hybridized carbons (Fsp3) is 0.208. The van der Waals surface area contributed by atoms with Crippen LogP contribution in [0.2, 0.25) is 5.15 Å². The van der Waals surface area contributed by atoms with Crippen molar-refractivity contribution in [1.29, 1.82) is 0 Å². The van der Waals surface area contributed by atoms with E-state index >= 15 is 0 Å². The van der Waals surface area contributed by atoms with E-state index in [0.29, 0.717) is 18.1 Å². The number of halogens is 3. The minimum absolute atomic E-state index is 0. The van der Waals surface area contributed by atoms with E-state index in [4.69, 9.17) is 11.6 Å². The van der Waals surface area contributed by atoms with Crippen LogP contribution in [0.1, 0.15) is 41.6 Å². The van der Waals surface area contributed by atoms with Crippen LogP contribution in [-0.2, 0) is 13.0 Å². The molecule has 39 heavy (non-hydrogen) atoms. The molecule has 0 saturated heterocycles. The van der Waals surface area contributed by atoms with Crippen LogP contribution in [0.25, 0.3) is 28.0 Å². The summed E-state index contributed by atoms with van der Waals surface area (Å²) in [6.07, 6.45) is 2.42. The molecule has 0 aliphatic rings. The van der Waals surface area contributed by atoms with E-state index in [1.165, 1.54) is 0 Å². The summed E-state index contributed by atoms with van der Waals surface area (Å²) in [4.78, 5) is 16.3. The molecule has 0 amide bonds. The monoisotopic (exact) mass is 661 g/mol. The molecule has 0 bridgehead atoms. The van der Waals surface area contributed by atoms with E-state index in [-0.39, 0.29) is 60.6 Å². The summed E-state index contributed by atoms with van der Waals surface area (Å²) < 4.78 is 5.31. The van der Waals surface area contributed by atoms with Gasteiger partial charge in [-0.15, -0.1) is 10.2 Å². The summed E-state index contributed by atoms with van der Waals surface area (Å²) in [5, 5.41) is 27.3. The van der Waals surface area contributed by atoms with E-state index in [1.54, 1.807) is 4.57 Å². The fourth-order valence-electron chi connectivity index (χ4n) is 4.36. The van der Waals surface area contributed by atoms with Gasteiger partial charge in [0.25, 0.3) is 0 Å². The molecule has 0 aliphatic heterocycles. The number of carbonyl (C=O) groups is 1. The minimum Gasteiger partial charge on any atom is -0.870 e. The van der Waals surface area contributed by atoms with Crippen molar-refractivity contribution in [2.75, 3.05) is 0 Å². The molecule has 5 rings (SSSR count). The molecule has 2 N–H and O–H groups in total. The zero-order chi connectivity index (χ0) is 25.4. The van der Waals surface area contributed by atoms with Gasteiger partial charge in [-0.25, -0.2) is 4.98 Å². The predicted molar refractivity (Wildman–Crippen MR) is 143 cm³/mol. The van der Waals surface area contributed by atoms with Gasteiger partial charge < -0.3 is 24.5 Å². The average molecular weight is 664 g/mol. The van der Waals surface area contributed by atoms with Crippen LogP contribution in [0.15, 0.2) is 51.5 Å². The molecule has 10 nitrogen and oxygen atoms in total. The second-order valence-electron chi connectivity index (χ2n) is 8.15. The number of nitrogens with one attached hydrogen (secondary N) is 1. The molecular formula is C24H20Br2ClLi2N7O3. The first-order chi connectivity index (χ1) is 17.4. The third kappa shape index (κ3) is 6.24. The number of carboxylic acid groups (broad SMARTS) is 1. The second-order valence-corrected chi connectivity index (χ2v) is 10.1. The molecule has 0 saturated carbocycles. The maximum absolute atomic E-state index is 11.9. The number of benzene rings is 2. The Balaban J connectivity index is 0.00000178. The number of aromatic nitrogens is 7. The zero-order valence-electron chi connectivity index (χ0n) is 21.5. The van der Waals surface area contributed by atoms with Crippen molar-refractivity contribution < 1.29 is 53.1 Å². The maximum atomic E-state index is 11.9. The van der Waals surface area contributed by atoms with Crippen molar-refractivity contribution in [3.05, 3.63) is 73.8 Å². The number of fused-ring (bicyclic) bond motifs is 1. The quantitative estimate of drug-likeness (QED) is 0.205. The van der Waals surface area contributed by atoms with E-state index < -0.39 is 5.97 Å². The summed E-state index contributed by atoms with van der Waals surface area (Å²) in [5.74, 6) is -0.261. The van der Waals surface area contributed by atoms with Crippen LogP contribution in [-0.4, -0.2) is 46.2 Å². The minimum atomic E-state index is -1.35. The van der Waals surface area contributed by atoms with E-state index in [0.717, 1.165) is 49.6 Å². The molecule has 0 spiro atoms. The molecule has 15 heteroatoms. The first-order valence-corrected chi connectivity index (χ1v) is 13.2. The third-order valence-corrected chi connectivity index (χ3v) is 8.30. The number of hydrogen-bond acceptors (Lipinski definition) is 7. The Morgan fingerprint density at radius 2 is 1.87 bits per heavy atom. The molecular weight excluding hydrogens is 643 g/mol. The Bertz CT molecular complexity index is 1590. The summed E-state index contributed by atoms with van der Waals surface area (Å²) in [7, 11) is 0. The van der Waals surface area contributed by atoms with Gasteiger partial charge in [-0.3, -0.25) is 0 Å². The number of rotatable bonds is 8. The molecule has 0 unspecified atom stereocenters. The number of aromatic carboxylic acids is 1.